The van der Waals surface area contributed by atoms with Gasteiger partial charge in [0.1, 0.15) is 5.82 Å². The lowest BCUT2D eigenvalue weighted by Gasteiger charge is -2.35. The Hall–Kier alpha value is -4.69. The summed E-state index contributed by atoms with van der Waals surface area (Å²) in [5.74, 6) is 2.22. The summed E-state index contributed by atoms with van der Waals surface area (Å²) in [5.41, 5.74) is 13.1. The van der Waals surface area contributed by atoms with Crippen molar-refractivity contribution in [2.45, 2.75) is 46.0 Å². The first-order chi connectivity index (χ1) is 21.6. The summed E-state index contributed by atoms with van der Waals surface area (Å²) < 4.78 is 2.44. The molecule has 0 aliphatic heterocycles. The van der Waals surface area contributed by atoms with E-state index < -0.39 is 0 Å². The van der Waals surface area contributed by atoms with Gasteiger partial charge in [0.2, 0.25) is 0 Å². The van der Waals surface area contributed by atoms with Crippen molar-refractivity contribution in [3.05, 3.63) is 165 Å². The number of aromatic nitrogens is 2. The average Bonchev–Trinajstić information content (AvgIpc) is 3.46. The van der Waals surface area contributed by atoms with Crippen LogP contribution >= 0.6 is 0 Å². The Morgan fingerprint density at radius 2 is 1.48 bits per heavy atom. The van der Waals surface area contributed by atoms with E-state index in [4.69, 9.17) is 4.98 Å². The number of allylic oxidation sites excluding steroid dienone is 4. The summed E-state index contributed by atoms with van der Waals surface area (Å²) in [6.07, 6.45) is 10.5. The van der Waals surface area contributed by atoms with Crippen LogP contribution < -0.4 is 10.4 Å². The van der Waals surface area contributed by atoms with Crippen molar-refractivity contribution in [1.29, 1.82) is 0 Å². The molecule has 5 aromatic rings. The monoisotopic (exact) mass is 570 g/mol. The molecular weight excluding hydrogens is 532 g/mol. The smallest absolute Gasteiger partial charge is 0.145 e. The number of imidazole rings is 1. The molecule has 2 unspecified atom stereocenters. The molecule has 3 aliphatic carbocycles. The highest BCUT2D eigenvalue weighted by atomic mass is 15.1. The van der Waals surface area contributed by atoms with Gasteiger partial charge in [-0.15, -0.1) is 0 Å². The molecule has 0 amide bonds. The van der Waals surface area contributed by atoms with Crippen LogP contribution in [0, 0.1) is 18.8 Å². The summed E-state index contributed by atoms with van der Waals surface area (Å²) in [4.78, 5) is 5.24. The van der Waals surface area contributed by atoms with Crippen LogP contribution in [0.4, 0.5) is 0 Å². The fourth-order valence-electron chi connectivity index (χ4n) is 7.89. The lowest BCUT2D eigenvalue weighted by Crippen LogP contribution is -2.39. The Balaban J connectivity index is 1.35. The van der Waals surface area contributed by atoms with Gasteiger partial charge < -0.3 is 0 Å². The number of rotatable bonds is 4. The molecule has 2 nitrogen and oxygen atoms in total. The molecule has 0 saturated carbocycles. The lowest BCUT2D eigenvalue weighted by atomic mass is 9.68. The SMILES string of the molecule is Cc1ccc2c(c1)=C(c1ccc(-n3c(-c4ccccc4)nc4c3C(C)CCC4)cc1)C1C(=CC=C[C@H]1C)C=2c1ccccc1. The van der Waals surface area contributed by atoms with Crippen LogP contribution in [0.5, 0.6) is 0 Å². The van der Waals surface area contributed by atoms with Gasteiger partial charge in [0, 0.05) is 22.9 Å². The molecule has 0 saturated heterocycles. The minimum absolute atomic E-state index is 0.288. The average molecular weight is 571 g/mol. The van der Waals surface area contributed by atoms with Crippen LogP contribution in [-0.2, 0) is 6.42 Å². The zero-order valence-electron chi connectivity index (χ0n) is 25.8. The van der Waals surface area contributed by atoms with Gasteiger partial charge in [-0.05, 0) is 88.4 Å². The Kier molecular flexibility index (Phi) is 6.60. The Bertz CT molecular complexity index is 2060. The molecule has 0 radical (unpaired) electrons. The quantitative estimate of drug-likeness (QED) is 0.212. The van der Waals surface area contributed by atoms with E-state index in [1.165, 1.54) is 79.3 Å². The van der Waals surface area contributed by atoms with Crippen molar-refractivity contribution in [1.82, 2.24) is 9.55 Å². The van der Waals surface area contributed by atoms with E-state index in [1.807, 2.05) is 0 Å². The molecule has 1 aromatic heterocycles. The van der Waals surface area contributed by atoms with Crippen molar-refractivity contribution in [3.63, 3.8) is 0 Å². The van der Waals surface area contributed by atoms with Crippen LogP contribution in [0.2, 0.25) is 0 Å². The summed E-state index contributed by atoms with van der Waals surface area (Å²) in [5, 5.41) is 2.69. The molecule has 0 N–H and O–H groups in total. The highest BCUT2D eigenvalue weighted by Gasteiger charge is 2.33. The molecule has 8 rings (SSSR count). The second-order valence-corrected chi connectivity index (χ2v) is 12.9. The van der Waals surface area contributed by atoms with E-state index in [0.29, 0.717) is 11.8 Å². The van der Waals surface area contributed by atoms with Crippen molar-refractivity contribution in [3.8, 4) is 17.1 Å². The fourth-order valence-corrected chi connectivity index (χ4v) is 7.89. The number of benzene rings is 4. The third-order valence-electron chi connectivity index (χ3n) is 9.92. The minimum Gasteiger partial charge on any atom is -0.296 e. The van der Waals surface area contributed by atoms with Crippen LogP contribution in [0.3, 0.4) is 0 Å². The standard InChI is InChI=1S/C42H38N2/c1-27-20-25-34-36(26-27)40(38-28(2)12-10-18-35(38)39(34)30-14-6-4-7-15-30)31-21-23-33(24-22-31)44-41-29(3)13-11-19-37(41)43-42(44)32-16-8-5-9-17-32/h4-10,12,14-18,20-26,28-29,38H,11,13,19H2,1-3H3/t28-,29?,38?/m1/s1. The highest BCUT2D eigenvalue weighted by Crippen LogP contribution is 2.43. The molecule has 3 atom stereocenters. The zero-order valence-corrected chi connectivity index (χ0v) is 25.8. The number of fused-ring (bicyclic) bond motifs is 3. The van der Waals surface area contributed by atoms with Crippen LogP contribution in [-0.4, -0.2) is 9.55 Å². The Morgan fingerprint density at radius 3 is 2.23 bits per heavy atom. The third-order valence-corrected chi connectivity index (χ3v) is 9.92. The predicted molar refractivity (Wildman–Crippen MR) is 182 cm³/mol. The molecule has 0 spiro atoms. The third kappa shape index (κ3) is 4.35. The summed E-state index contributed by atoms with van der Waals surface area (Å²) in [6, 6.07) is 38.0. The molecule has 44 heavy (non-hydrogen) atoms. The maximum Gasteiger partial charge on any atom is 0.145 e. The van der Waals surface area contributed by atoms with Gasteiger partial charge >= 0.3 is 0 Å². The minimum atomic E-state index is 0.288. The number of nitrogens with zero attached hydrogens (tertiary/aromatic N) is 2. The van der Waals surface area contributed by atoms with E-state index >= 15 is 0 Å². The second-order valence-electron chi connectivity index (χ2n) is 12.9. The summed E-state index contributed by atoms with van der Waals surface area (Å²) >= 11 is 0. The van der Waals surface area contributed by atoms with Crippen molar-refractivity contribution < 1.29 is 0 Å². The van der Waals surface area contributed by atoms with Gasteiger partial charge in [0.25, 0.3) is 0 Å². The van der Waals surface area contributed by atoms with E-state index in [2.05, 4.69) is 147 Å². The lowest BCUT2D eigenvalue weighted by molar-refractivity contribution is 0.564. The van der Waals surface area contributed by atoms with E-state index in [-0.39, 0.29) is 5.92 Å². The van der Waals surface area contributed by atoms with E-state index in [0.717, 1.165) is 12.2 Å². The van der Waals surface area contributed by atoms with Gasteiger partial charge in [0.15, 0.2) is 0 Å². The number of aryl methyl sites for hydroxylation is 2. The van der Waals surface area contributed by atoms with Crippen LogP contribution in [0.15, 0.2) is 127 Å². The predicted octanol–water partition coefficient (Wildman–Crippen LogP) is 8.45. The number of hydrogen-bond acceptors (Lipinski definition) is 1. The van der Waals surface area contributed by atoms with Gasteiger partial charge in [0.05, 0.1) is 5.69 Å². The van der Waals surface area contributed by atoms with Crippen LogP contribution in [0.1, 0.15) is 60.7 Å². The van der Waals surface area contributed by atoms with Gasteiger partial charge in [-0.3, -0.25) is 4.57 Å². The van der Waals surface area contributed by atoms with E-state index in [9.17, 15) is 0 Å². The van der Waals surface area contributed by atoms with Crippen molar-refractivity contribution in [2.75, 3.05) is 0 Å². The first-order valence-corrected chi connectivity index (χ1v) is 16.2. The van der Waals surface area contributed by atoms with Gasteiger partial charge in [-0.1, -0.05) is 129 Å². The first-order valence-electron chi connectivity index (χ1n) is 16.2. The fraction of sp³-hybridized carbons (Fsp3) is 0.214. The molecule has 1 heterocycles. The topological polar surface area (TPSA) is 17.8 Å². The molecule has 2 heteroatoms. The molecule has 0 fully saturated rings. The Morgan fingerprint density at radius 1 is 0.750 bits per heavy atom. The maximum atomic E-state index is 5.24. The number of hydrogen-bond donors (Lipinski definition) is 0. The normalized spacial score (nSPS) is 20.5. The molecule has 0 bridgehead atoms. The maximum absolute atomic E-state index is 5.24. The zero-order chi connectivity index (χ0) is 29.8. The largest absolute Gasteiger partial charge is 0.296 e. The highest BCUT2D eigenvalue weighted by molar-refractivity contribution is 5.89. The van der Waals surface area contributed by atoms with Crippen molar-refractivity contribution in [2.24, 2.45) is 11.8 Å². The summed E-state index contributed by atoms with van der Waals surface area (Å²) in [6.45, 7) is 6.95. The summed E-state index contributed by atoms with van der Waals surface area (Å²) in [7, 11) is 0. The first kappa shape index (κ1) is 26.9. The van der Waals surface area contributed by atoms with Gasteiger partial charge in [-0.2, -0.15) is 0 Å². The molecule has 4 aromatic carbocycles. The molecular formula is C42H38N2. The molecule has 216 valence electrons. The van der Waals surface area contributed by atoms with Crippen LogP contribution in [0.25, 0.3) is 28.2 Å². The van der Waals surface area contributed by atoms with E-state index in [1.54, 1.807) is 0 Å². The molecule has 3 aliphatic rings. The second kappa shape index (κ2) is 10.8. The Labute approximate surface area is 260 Å². The van der Waals surface area contributed by atoms with Gasteiger partial charge in [-0.25, -0.2) is 4.98 Å². The van der Waals surface area contributed by atoms with Crippen molar-refractivity contribution >= 4 is 11.1 Å².